The van der Waals surface area contributed by atoms with Gasteiger partial charge >= 0.3 is 6.09 Å². The zero-order valence-electron chi connectivity index (χ0n) is 20.7. The van der Waals surface area contributed by atoms with E-state index in [0.717, 1.165) is 44.5 Å². The van der Waals surface area contributed by atoms with Crippen LogP contribution in [0.4, 0.5) is 15.0 Å². The van der Waals surface area contributed by atoms with E-state index < -0.39 is 5.82 Å². The highest BCUT2D eigenvalue weighted by Crippen LogP contribution is 2.32. The van der Waals surface area contributed by atoms with Gasteiger partial charge in [0.25, 0.3) is 0 Å². The molecule has 2 unspecified atom stereocenters. The summed E-state index contributed by atoms with van der Waals surface area (Å²) in [5, 5.41) is 0.521. The Morgan fingerprint density at radius 1 is 1.37 bits per heavy atom. The van der Waals surface area contributed by atoms with Gasteiger partial charge in [-0.3, -0.25) is 0 Å². The molecule has 0 saturated carbocycles. The topological polar surface area (TPSA) is 94.2 Å². The molecule has 0 radical (unpaired) electrons. The predicted molar refractivity (Wildman–Crippen MR) is 145 cm³/mol. The molecule has 1 amide bonds. The molecule has 194 valence electrons. The summed E-state index contributed by atoms with van der Waals surface area (Å²) in [5.74, 6) is 1.34. The quantitative estimate of drug-likeness (QED) is 0.126. The van der Waals surface area contributed by atoms with Gasteiger partial charge in [-0.15, -0.1) is 0 Å². The van der Waals surface area contributed by atoms with Crippen molar-refractivity contribution in [2.24, 2.45) is 11.8 Å². The number of pyridine rings is 1. The zero-order chi connectivity index (χ0) is 26.1. The first-order chi connectivity index (χ1) is 16.6. The molecular weight excluding hydrogens is 557 g/mol. The second-order valence-corrected chi connectivity index (χ2v) is 11.0. The van der Waals surface area contributed by atoms with E-state index in [1.165, 1.54) is 17.3 Å². The van der Waals surface area contributed by atoms with E-state index in [1.807, 2.05) is 11.8 Å². The highest BCUT2D eigenvalue weighted by Gasteiger charge is 2.26. The molecule has 2 atom stereocenters. The normalized spacial score (nSPS) is 18.0. The van der Waals surface area contributed by atoms with Crippen molar-refractivity contribution in [3.05, 3.63) is 27.7 Å². The number of halogens is 3. The molecule has 7 nitrogen and oxygen atoms in total. The van der Waals surface area contributed by atoms with Crippen molar-refractivity contribution in [1.29, 1.82) is 0 Å². The monoisotopic (exact) mass is 589 g/mol. The summed E-state index contributed by atoms with van der Waals surface area (Å²) in [6.07, 6.45) is 4.04. The predicted octanol–water partition coefficient (Wildman–Crippen LogP) is 7.12. The van der Waals surface area contributed by atoms with Crippen LogP contribution >= 0.6 is 39.3 Å². The van der Waals surface area contributed by atoms with Crippen LogP contribution in [0, 0.1) is 17.7 Å². The van der Waals surface area contributed by atoms with Crippen LogP contribution < -0.4 is 5.73 Å². The van der Waals surface area contributed by atoms with Gasteiger partial charge in [0.1, 0.15) is 15.9 Å². The van der Waals surface area contributed by atoms with Crippen molar-refractivity contribution >= 4 is 62.1 Å². The summed E-state index contributed by atoms with van der Waals surface area (Å²) in [6, 6.07) is 0. The summed E-state index contributed by atoms with van der Waals surface area (Å²) in [7, 11) is 0. The molecule has 0 spiro atoms. The van der Waals surface area contributed by atoms with Crippen LogP contribution in [0.5, 0.6) is 0 Å². The molecule has 2 aromatic heterocycles. The maximum atomic E-state index is 13.8. The third-order valence-electron chi connectivity index (χ3n) is 5.68. The molecule has 3 heterocycles. The van der Waals surface area contributed by atoms with E-state index in [-0.39, 0.29) is 22.6 Å². The summed E-state index contributed by atoms with van der Waals surface area (Å²) in [5.41, 5.74) is 7.02. The van der Waals surface area contributed by atoms with E-state index in [0.29, 0.717) is 33.6 Å². The number of unbranched alkanes of at least 4 members (excludes halogenated alkanes) is 1. The number of carbonyl (C=O) groups excluding carboxylic acids is 1. The Hall–Kier alpha value is -1.65. The largest absolute Gasteiger partial charge is 0.449 e. The third kappa shape index (κ3) is 8.46. The minimum Gasteiger partial charge on any atom is -0.449 e. The number of fused-ring (bicyclic) bond motifs is 1. The van der Waals surface area contributed by atoms with Crippen molar-refractivity contribution in [1.82, 2.24) is 19.9 Å². The number of nitrogens with two attached hydrogens (primary N) is 1. The van der Waals surface area contributed by atoms with Crippen molar-refractivity contribution in [3.63, 3.8) is 0 Å². The molecule has 1 aliphatic rings. The standard InChI is InChI=1S/C15H27NO2.C9H7BrClFN4S/c1-5-6-9-18-15(17)16-8-7-13(4)10-14(11-16)12(2)3;1-2-17-9-14-5-3(8(13)16-9)6(10)15-7(11)4(5)12/h13-14H,2,5-11H2,1,3-4H3;2H2,1H3,(H2,13,14,16). The minimum atomic E-state index is -0.683. The summed E-state index contributed by atoms with van der Waals surface area (Å²) in [6.45, 7) is 14.5. The molecule has 1 fully saturated rings. The lowest BCUT2D eigenvalue weighted by atomic mass is 9.91. The number of ether oxygens (including phenoxy) is 1. The molecule has 0 aliphatic carbocycles. The zero-order valence-corrected chi connectivity index (χ0v) is 23.9. The molecule has 2 aromatic rings. The van der Waals surface area contributed by atoms with Crippen LogP contribution in [0.2, 0.25) is 5.15 Å². The fourth-order valence-corrected chi connectivity index (χ4v) is 5.05. The molecule has 0 aromatic carbocycles. The molecule has 0 bridgehead atoms. The SMILES string of the molecule is C=C(C)C1CC(C)CCN(C(=O)OCCCC)C1.CCSc1nc(N)c2c(Br)nc(Cl)c(F)c2n1. The number of carbonyl (C=O) groups is 1. The Kier molecular flexibility index (Phi) is 12.0. The first-order valence-corrected chi connectivity index (χ1v) is 13.9. The van der Waals surface area contributed by atoms with Gasteiger partial charge < -0.3 is 15.4 Å². The van der Waals surface area contributed by atoms with Crippen LogP contribution in [0.15, 0.2) is 21.9 Å². The number of thioether (sulfide) groups is 1. The number of nitrogen functional groups attached to an aromatic ring is 1. The lowest BCUT2D eigenvalue weighted by Crippen LogP contribution is -2.35. The molecule has 11 heteroatoms. The number of hydrogen-bond acceptors (Lipinski definition) is 7. The van der Waals surface area contributed by atoms with Crippen LogP contribution in [0.1, 0.15) is 53.4 Å². The first kappa shape index (κ1) is 29.6. The molecule has 2 N–H and O–H groups in total. The van der Waals surface area contributed by atoms with E-state index >= 15 is 0 Å². The van der Waals surface area contributed by atoms with E-state index in [9.17, 15) is 9.18 Å². The summed E-state index contributed by atoms with van der Waals surface area (Å²) < 4.78 is 19.4. The highest BCUT2D eigenvalue weighted by atomic mass is 79.9. The summed E-state index contributed by atoms with van der Waals surface area (Å²) >= 11 is 10.2. The number of hydrogen-bond donors (Lipinski definition) is 1. The number of nitrogens with zero attached hydrogens (tertiary/aromatic N) is 4. The summed E-state index contributed by atoms with van der Waals surface area (Å²) in [4.78, 5) is 25.8. The molecule has 1 saturated heterocycles. The van der Waals surface area contributed by atoms with Gasteiger partial charge in [0.15, 0.2) is 16.1 Å². The third-order valence-corrected chi connectivity index (χ3v) is 7.23. The van der Waals surface area contributed by atoms with Gasteiger partial charge in [0.2, 0.25) is 0 Å². The average molecular weight is 591 g/mol. The number of amides is 1. The number of anilines is 1. The van der Waals surface area contributed by atoms with Gasteiger partial charge in [-0.05, 0) is 59.7 Å². The van der Waals surface area contributed by atoms with Gasteiger partial charge in [-0.25, -0.2) is 24.1 Å². The van der Waals surface area contributed by atoms with Crippen LogP contribution in [-0.4, -0.2) is 51.4 Å². The van der Waals surface area contributed by atoms with Gasteiger partial charge in [-0.2, -0.15) is 0 Å². The van der Waals surface area contributed by atoms with Crippen molar-refractivity contribution in [3.8, 4) is 0 Å². The van der Waals surface area contributed by atoms with E-state index in [1.54, 1.807) is 0 Å². The smallest absolute Gasteiger partial charge is 0.409 e. The first-order valence-electron chi connectivity index (χ1n) is 11.8. The fraction of sp³-hybridized carbons (Fsp3) is 0.583. The van der Waals surface area contributed by atoms with Crippen molar-refractivity contribution < 1.29 is 13.9 Å². The van der Waals surface area contributed by atoms with Crippen LogP contribution in [0.25, 0.3) is 10.9 Å². The van der Waals surface area contributed by atoms with Crippen molar-refractivity contribution in [2.75, 3.05) is 31.2 Å². The number of rotatable bonds is 6. The lowest BCUT2D eigenvalue weighted by Gasteiger charge is -2.24. The lowest BCUT2D eigenvalue weighted by molar-refractivity contribution is 0.0992. The fourth-order valence-electron chi connectivity index (χ4n) is 3.63. The molecular formula is C24H34BrClFN5O2S. The Morgan fingerprint density at radius 3 is 2.71 bits per heavy atom. The van der Waals surface area contributed by atoms with Gasteiger partial charge in [0.05, 0.1) is 12.0 Å². The maximum Gasteiger partial charge on any atom is 0.409 e. The highest BCUT2D eigenvalue weighted by molar-refractivity contribution is 9.10. The molecule has 3 rings (SSSR count). The van der Waals surface area contributed by atoms with Gasteiger partial charge in [-0.1, -0.05) is 62.7 Å². The van der Waals surface area contributed by atoms with Crippen molar-refractivity contribution in [2.45, 2.75) is 58.5 Å². The van der Waals surface area contributed by atoms with E-state index in [2.05, 4.69) is 58.2 Å². The minimum absolute atomic E-state index is 0.0836. The molecule has 35 heavy (non-hydrogen) atoms. The number of likely N-dealkylation sites (tertiary alicyclic amines) is 1. The Morgan fingerprint density at radius 2 is 2.09 bits per heavy atom. The average Bonchev–Trinajstić information content (AvgIpc) is 3.00. The Balaban J connectivity index is 0.000000247. The van der Waals surface area contributed by atoms with Gasteiger partial charge in [0, 0.05) is 13.1 Å². The maximum absolute atomic E-state index is 13.8. The molecule has 1 aliphatic heterocycles. The van der Waals surface area contributed by atoms with Crippen LogP contribution in [0.3, 0.4) is 0 Å². The Bertz CT molecular complexity index is 1040. The number of aromatic nitrogens is 3. The second-order valence-electron chi connectivity index (χ2n) is 8.64. The van der Waals surface area contributed by atoms with E-state index in [4.69, 9.17) is 22.1 Å². The Labute approximate surface area is 224 Å². The second kappa shape index (κ2) is 14.2. The van der Waals surface area contributed by atoms with Crippen LogP contribution in [-0.2, 0) is 4.74 Å².